The number of esters is 1. The van der Waals surface area contributed by atoms with Gasteiger partial charge in [-0.05, 0) is 17.9 Å². The van der Waals surface area contributed by atoms with Gasteiger partial charge in [-0.2, -0.15) is 5.11 Å². The molecule has 0 bridgehead atoms. The van der Waals surface area contributed by atoms with E-state index in [2.05, 4.69) is 10.2 Å². The third-order valence-corrected chi connectivity index (χ3v) is 3.37. The first-order valence-corrected chi connectivity index (χ1v) is 6.88. The number of carbonyl (C=O) groups excluding carboxylic acids is 2. The van der Waals surface area contributed by atoms with E-state index >= 15 is 0 Å². The molecule has 0 aromatic heterocycles. The van der Waals surface area contributed by atoms with Gasteiger partial charge in [-0.15, -0.1) is 5.11 Å². The van der Waals surface area contributed by atoms with E-state index in [0.29, 0.717) is 11.1 Å². The number of azo groups is 1. The van der Waals surface area contributed by atoms with Gasteiger partial charge in [0.1, 0.15) is 16.9 Å². The molecule has 1 aromatic carbocycles. The number of carboxylic acids is 1. The molecule has 1 aromatic rings. The van der Waals surface area contributed by atoms with Crippen LogP contribution in [0.15, 0.2) is 34.1 Å². The number of amides is 1. The van der Waals surface area contributed by atoms with Gasteiger partial charge in [-0.3, -0.25) is 4.79 Å². The molecule has 0 unspecified atom stereocenters. The van der Waals surface area contributed by atoms with Gasteiger partial charge in [0.25, 0.3) is 0 Å². The van der Waals surface area contributed by atoms with Crippen molar-refractivity contribution in [2.75, 3.05) is 0 Å². The normalized spacial score (nSPS) is 13.9. The Kier molecular flexibility index (Phi) is 4.14. The fourth-order valence-electron chi connectivity index (χ4n) is 2.18. The molecule has 1 N–H and O–H groups in total. The number of carbonyl (C=O) groups is 3. The van der Waals surface area contributed by atoms with Gasteiger partial charge in [-0.1, -0.05) is 32.9 Å². The number of hydrogen-bond donors (Lipinski definition) is 1. The fraction of sp³-hybridized carbons (Fsp3) is 0.312. The second-order valence-corrected chi connectivity index (χ2v) is 6.14. The lowest BCUT2D eigenvalue weighted by Gasteiger charge is -2.24. The molecule has 1 aliphatic heterocycles. The molecular weight excluding hydrogens is 300 g/mol. The zero-order valence-corrected chi connectivity index (χ0v) is 13.2. The van der Waals surface area contributed by atoms with Gasteiger partial charge < -0.3 is 9.84 Å². The van der Waals surface area contributed by atoms with Crippen molar-refractivity contribution in [1.82, 2.24) is 0 Å². The lowest BCUT2D eigenvalue weighted by molar-refractivity contribution is -0.132. The number of aromatic carboxylic acids is 1. The van der Waals surface area contributed by atoms with Crippen LogP contribution in [0, 0.1) is 6.92 Å². The summed E-state index contributed by atoms with van der Waals surface area (Å²) in [7, 11) is 0. The second-order valence-electron chi connectivity index (χ2n) is 6.14. The van der Waals surface area contributed by atoms with Crippen LogP contribution in [0.2, 0.25) is 0 Å². The van der Waals surface area contributed by atoms with E-state index in [1.807, 2.05) is 20.8 Å². The number of hydrogen-bond acceptors (Lipinski definition) is 5. The van der Waals surface area contributed by atoms with Crippen molar-refractivity contribution < 1.29 is 24.2 Å². The molecule has 7 heteroatoms. The Labute approximate surface area is 132 Å². The van der Waals surface area contributed by atoms with Crippen LogP contribution in [0.5, 0.6) is 5.75 Å². The molecule has 0 aliphatic carbocycles. The van der Waals surface area contributed by atoms with Gasteiger partial charge in [0, 0.05) is 5.56 Å². The molecule has 0 fully saturated rings. The summed E-state index contributed by atoms with van der Waals surface area (Å²) in [6.45, 7) is 7.21. The van der Waals surface area contributed by atoms with Crippen LogP contribution in [-0.2, 0) is 15.0 Å². The maximum atomic E-state index is 12.2. The van der Waals surface area contributed by atoms with E-state index in [1.165, 1.54) is 0 Å². The van der Waals surface area contributed by atoms with Crippen molar-refractivity contribution >= 4 is 17.8 Å². The van der Waals surface area contributed by atoms with E-state index in [9.17, 15) is 19.5 Å². The van der Waals surface area contributed by atoms with Crippen LogP contribution in [-0.4, -0.2) is 23.0 Å². The van der Waals surface area contributed by atoms with Crippen LogP contribution in [0.3, 0.4) is 0 Å². The lowest BCUT2D eigenvalue weighted by atomic mass is 9.84. The third-order valence-electron chi connectivity index (χ3n) is 3.37. The molecular formula is C16H16N2O5. The predicted molar refractivity (Wildman–Crippen MR) is 80.4 cm³/mol. The second kappa shape index (κ2) is 5.75. The summed E-state index contributed by atoms with van der Waals surface area (Å²) in [6.07, 6.45) is 0.998. The SMILES string of the molecule is Cc1ccc(C(C)(C)C)c(OC(=O)C2=CN=NC2=O)c1C(=O)O. The zero-order chi connectivity index (χ0) is 17.4. The Balaban J connectivity index is 2.55. The Morgan fingerprint density at radius 1 is 1.22 bits per heavy atom. The molecule has 0 spiro atoms. The highest BCUT2D eigenvalue weighted by molar-refractivity contribution is 6.18. The Bertz CT molecular complexity index is 769. The molecule has 23 heavy (non-hydrogen) atoms. The van der Waals surface area contributed by atoms with Gasteiger partial charge in [0.05, 0.1) is 6.20 Å². The minimum Gasteiger partial charge on any atom is -0.478 e. The Hall–Kier alpha value is -2.83. The molecule has 0 atom stereocenters. The van der Waals surface area contributed by atoms with Gasteiger partial charge in [0.15, 0.2) is 0 Å². The summed E-state index contributed by atoms with van der Waals surface area (Å²) < 4.78 is 5.27. The number of ether oxygens (including phenoxy) is 1. The summed E-state index contributed by atoms with van der Waals surface area (Å²) in [5, 5.41) is 16.0. The number of benzene rings is 1. The van der Waals surface area contributed by atoms with E-state index in [0.717, 1.165) is 6.20 Å². The standard InChI is InChI=1S/C16H16N2O5/c1-8-5-6-10(16(2,3)4)12(11(8)14(20)21)23-15(22)9-7-17-18-13(9)19/h5-7H,1-4H3,(H,20,21). The van der Waals surface area contributed by atoms with E-state index in [1.54, 1.807) is 19.1 Å². The fourth-order valence-corrected chi connectivity index (χ4v) is 2.18. The summed E-state index contributed by atoms with van der Waals surface area (Å²) in [5.74, 6) is -3.05. The monoisotopic (exact) mass is 316 g/mol. The van der Waals surface area contributed by atoms with Crippen molar-refractivity contribution in [2.45, 2.75) is 33.1 Å². The van der Waals surface area contributed by atoms with Crippen LogP contribution >= 0.6 is 0 Å². The van der Waals surface area contributed by atoms with Crippen LogP contribution < -0.4 is 4.74 Å². The van der Waals surface area contributed by atoms with Crippen molar-refractivity contribution in [3.63, 3.8) is 0 Å². The lowest BCUT2D eigenvalue weighted by Crippen LogP contribution is -2.22. The van der Waals surface area contributed by atoms with Crippen LogP contribution in [0.4, 0.5) is 0 Å². The first-order chi connectivity index (χ1) is 10.6. The molecule has 2 rings (SSSR count). The average molecular weight is 316 g/mol. The first-order valence-electron chi connectivity index (χ1n) is 6.88. The molecule has 0 saturated carbocycles. The number of nitrogens with zero attached hydrogens (tertiary/aromatic N) is 2. The summed E-state index contributed by atoms with van der Waals surface area (Å²) in [6, 6.07) is 3.37. The predicted octanol–water partition coefficient (Wildman–Crippen LogP) is 2.77. The van der Waals surface area contributed by atoms with Crippen molar-refractivity contribution in [2.24, 2.45) is 10.2 Å². The maximum absolute atomic E-state index is 12.2. The van der Waals surface area contributed by atoms with Gasteiger partial charge in [-0.25, -0.2) is 9.59 Å². The Morgan fingerprint density at radius 2 is 1.87 bits per heavy atom. The minimum absolute atomic E-state index is 0.0596. The average Bonchev–Trinajstić information content (AvgIpc) is 2.83. The molecule has 0 saturated heterocycles. The highest BCUT2D eigenvalue weighted by atomic mass is 16.5. The van der Waals surface area contributed by atoms with Crippen LogP contribution in [0.1, 0.15) is 42.3 Å². The maximum Gasteiger partial charge on any atom is 0.351 e. The van der Waals surface area contributed by atoms with Crippen molar-refractivity contribution in [3.8, 4) is 5.75 Å². The van der Waals surface area contributed by atoms with Crippen molar-refractivity contribution in [3.05, 3.63) is 40.6 Å². The topological polar surface area (TPSA) is 105 Å². The molecule has 1 amide bonds. The first kappa shape index (κ1) is 16.5. The number of aryl methyl sites for hydroxylation is 1. The highest BCUT2D eigenvalue weighted by Gasteiger charge is 2.30. The number of rotatable bonds is 3. The van der Waals surface area contributed by atoms with Gasteiger partial charge in [0.2, 0.25) is 0 Å². The Morgan fingerprint density at radius 3 is 2.35 bits per heavy atom. The smallest absolute Gasteiger partial charge is 0.351 e. The zero-order valence-electron chi connectivity index (χ0n) is 13.2. The highest BCUT2D eigenvalue weighted by Crippen LogP contribution is 2.36. The molecule has 1 aliphatic rings. The van der Waals surface area contributed by atoms with Crippen LogP contribution in [0.25, 0.3) is 0 Å². The molecule has 0 radical (unpaired) electrons. The number of carboxylic acid groups (broad SMARTS) is 1. The summed E-state index contributed by atoms with van der Waals surface area (Å²) >= 11 is 0. The minimum atomic E-state index is -1.21. The van der Waals surface area contributed by atoms with Crippen molar-refractivity contribution in [1.29, 1.82) is 0 Å². The molecule has 1 heterocycles. The van der Waals surface area contributed by atoms with E-state index in [4.69, 9.17) is 4.74 Å². The van der Waals surface area contributed by atoms with Gasteiger partial charge >= 0.3 is 17.8 Å². The van der Waals surface area contributed by atoms with E-state index in [-0.39, 0.29) is 16.9 Å². The largest absolute Gasteiger partial charge is 0.478 e. The molecule has 120 valence electrons. The molecule has 7 nitrogen and oxygen atoms in total. The van der Waals surface area contributed by atoms with E-state index < -0.39 is 23.3 Å². The third kappa shape index (κ3) is 3.18. The quantitative estimate of drug-likeness (QED) is 0.524. The summed E-state index contributed by atoms with van der Waals surface area (Å²) in [5.41, 5.74) is 0.104. The summed E-state index contributed by atoms with van der Waals surface area (Å²) in [4.78, 5) is 35.2.